The number of piperidine rings is 1. The number of benzene rings is 1. The number of aromatic nitrogens is 4. The van der Waals surface area contributed by atoms with Crippen molar-refractivity contribution in [2.45, 2.75) is 51.2 Å². The van der Waals surface area contributed by atoms with E-state index in [2.05, 4.69) is 53.2 Å². The number of tetrazole rings is 1. The van der Waals surface area contributed by atoms with Crippen LogP contribution in [0.4, 0.5) is 5.69 Å². The number of amides is 1. The minimum atomic E-state index is -0.278. The maximum Gasteiger partial charge on any atom is 0.242 e. The van der Waals surface area contributed by atoms with Gasteiger partial charge in [0.15, 0.2) is 0 Å². The third kappa shape index (κ3) is 4.74. The number of aryl methyl sites for hydroxylation is 1. The molecule has 0 bridgehead atoms. The number of nitrogens with zero attached hydrogens (tertiary/aromatic N) is 6. The summed E-state index contributed by atoms with van der Waals surface area (Å²) in [4.78, 5) is 16.7. The van der Waals surface area contributed by atoms with E-state index < -0.39 is 0 Å². The summed E-state index contributed by atoms with van der Waals surface area (Å²) in [6.07, 6.45) is 2.34. The third-order valence-electron chi connectivity index (χ3n) is 6.93. The van der Waals surface area contributed by atoms with Gasteiger partial charge in [-0.2, -0.15) is 10.1 Å². The van der Waals surface area contributed by atoms with Gasteiger partial charge < -0.3 is 5.32 Å². The summed E-state index contributed by atoms with van der Waals surface area (Å²) in [6.45, 7) is 5.12. The number of nitriles is 1. The normalized spacial score (nSPS) is 28.1. The van der Waals surface area contributed by atoms with Gasteiger partial charge in [-0.25, -0.2) is 5.43 Å². The first-order valence-corrected chi connectivity index (χ1v) is 11.9. The summed E-state index contributed by atoms with van der Waals surface area (Å²) in [5.41, 5.74) is 7.57. The molecular weight excluding hydrogens is 434 g/mol. The number of hydrogen-bond donors (Lipinski definition) is 5. The van der Waals surface area contributed by atoms with Gasteiger partial charge in [-0.3, -0.25) is 25.8 Å². The topological polar surface area (TPSA) is 148 Å². The van der Waals surface area contributed by atoms with Crippen molar-refractivity contribution < 1.29 is 4.79 Å². The lowest BCUT2D eigenvalue weighted by Crippen LogP contribution is -2.77. The van der Waals surface area contributed by atoms with Gasteiger partial charge in [0, 0.05) is 43.3 Å². The molecule has 0 radical (unpaired) electrons. The average molecular weight is 466 g/mol. The minimum absolute atomic E-state index is 0.0121. The van der Waals surface area contributed by atoms with E-state index >= 15 is 0 Å². The Balaban J connectivity index is 1.29. The van der Waals surface area contributed by atoms with Crippen molar-refractivity contribution in [3.8, 4) is 17.5 Å². The van der Waals surface area contributed by atoms with Gasteiger partial charge in [-0.05, 0) is 55.2 Å². The Kier molecular flexibility index (Phi) is 6.68. The Hall–Kier alpha value is -3.11. The van der Waals surface area contributed by atoms with Gasteiger partial charge in [0.05, 0.1) is 24.7 Å². The van der Waals surface area contributed by atoms with Crippen molar-refractivity contribution in [1.29, 1.82) is 5.26 Å². The van der Waals surface area contributed by atoms with Crippen LogP contribution in [-0.4, -0.2) is 69.1 Å². The standard InChI is InChI=1S/C22H31N11O/c1-2-33-30-19(28-31-33)15-3-5-16(6-4-15)25-20-18-17(13-24-29-21(18)34)26-22(27-20)32-11-8-14(7-10-23)9-12-32/h3-6,14,17-18,20,22,24-27H,2,7-9,11-13H2,1H3,(H,29,34). The first kappa shape index (κ1) is 22.7. The van der Waals surface area contributed by atoms with E-state index in [1.165, 1.54) is 0 Å². The molecule has 0 aliphatic carbocycles. The summed E-state index contributed by atoms with van der Waals surface area (Å²) in [7, 11) is 0. The molecule has 5 N–H and O–H groups in total. The van der Waals surface area contributed by atoms with E-state index in [4.69, 9.17) is 5.26 Å². The summed E-state index contributed by atoms with van der Waals surface area (Å²) < 4.78 is 0. The lowest BCUT2D eigenvalue weighted by molar-refractivity contribution is -0.132. The SMILES string of the molecule is CCn1nnc(-c2ccc(NC3NC(N4CCC(CC#N)CC4)NC4CNNC(=O)C43)cc2)n1. The van der Waals surface area contributed by atoms with Gasteiger partial charge in [-0.1, -0.05) is 0 Å². The van der Waals surface area contributed by atoms with Crippen LogP contribution in [0.25, 0.3) is 11.4 Å². The monoisotopic (exact) mass is 465 g/mol. The Labute approximate surface area is 198 Å². The molecule has 12 heteroatoms. The van der Waals surface area contributed by atoms with E-state index in [0.717, 1.165) is 37.2 Å². The van der Waals surface area contributed by atoms with Crippen molar-refractivity contribution in [3.63, 3.8) is 0 Å². The van der Waals surface area contributed by atoms with Crippen LogP contribution >= 0.6 is 0 Å². The molecule has 34 heavy (non-hydrogen) atoms. The number of hydrogen-bond acceptors (Lipinski definition) is 10. The molecular formula is C22H31N11O. The molecule has 4 atom stereocenters. The highest BCUT2D eigenvalue weighted by Gasteiger charge is 2.45. The third-order valence-corrected chi connectivity index (χ3v) is 6.93. The van der Waals surface area contributed by atoms with Gasteiger partial charge in [-0.15, -0.1) is 10.2 Å². The molecule has 1 aromatic heterocycles. The Morgan fingerprint density at radius 1 is 1.21 bits per heavy atom. The van der Waals surface area contributed by atoms with Crippen molar-refractivity contribution in [1.82, 2.24) is 46.6 Å². The van der Waals surface area contributed by atoms with Crippen LogP contribution in [0.5, 0.6) is 0 Å². The fraction of sp³-hybridized carbons (Fsp3) is 0.591. The van der Waals surface area contributed by atoms with E-state index in [-0.39, 0.29) is 30.3 Å². The Morgan fingerprint density at radius 2 is 2.00 bits per heavy atom. The van der Waals surface area contributed by atoms with E-state index in [0.29, 0.717) is 31.3 Å². The second kappa shape index (κ2) is 10.0. The van der Waals surface area contributed by atoms with Crippen molar-refractivity contribution in [2.24, 2.45) is 11.8 Å². The maximum absolute atomic E-state index is 12.7. The summed E-state index contributed by atoms with van der Waals surface area (Å²) in [5, 5.41) is 32.3. The zero-order valence-corrected chi connectivity index (χ0v) is 19.2. The van der Waals surface area contributed by atoms with Gasteiger partial charge in [0.1, 0.15) is 6.29 Å². The van der Waals surface area contributed by atoms with Crippen LogP contribution in [0, 0.1) is 23.2 Å². The first-order valence-electron chi connectivity index (χ1n) is 11.9. The van der Waals surface area contributed by atoms with Gasteiger partial charge in [0.25, 0.3) is 0 Å². The number of likely N-dealkylation sites (tertiary alicyclic amines) is 1. The highest BCUT2D eigenvalue weighted by molar-refractivity contribution is 5.81. The van der Waals surface area contributed by atoms with E-state index in [9.17, 15) is 4.79 Å². The summed E-state index contributed by atoms with van der Waals surface area (Å²) >= 11 is 0. The van der Waals surface area contributed by atoms with Crippen LogP contribution in [0.15, 0.2) is 24.3 Å². The fourth-order valence-corrected chi connectivity index (χ4v) is 4.99. The Morgan fingerprint density at radius 3 is 2.71 bits per heavy atom. The van der Waals surface area contributed by atoms with Crippen LogP contribution in [-0.2, 0) is 11.3 Å². The fourth-order valence-electron chi connectivity index (χ4n) is 4.99. The largest absolute Gasteiger partial charge is 0.369 e. The molecule has 180 valence electrons. The number of carbonyl (C=O) groups is 1. The van der Waals surface area contributed by atoms with Gasteiger partial charge >= 0.3 is 0 Å². The highest BCUT2D eigenvalue weighted by Crippen LogP contribution is 2.26. The predicted molar refractivity (Wildman–Crippen MR) is 124 cm³/mol. The Bertz CT molecular complexity index is 1020. The summed E-state index contributed by atoms with van der Waals surface area (Å²) in [5.74, 6) is 0.739. The molecule has 0 spiro atoms. The molecule has 3 aliphatic rings. The molecule has 1 amide bonds. The molecule has 3 aliphatic heterocycles. The number of rotatable bonds is 6. The number of hydrazine groups is 1. The van der Waals surface area contributed by atoms with E-state index in [1.807, 2.05) is 31.2 Å². The molecule has 1 aromatic carbocycles. The molecule has 3 saturated heterocycles. The highest BCUT2D eigenvalue weighted by atomic mass is 16.2. The van der Waals surface area contributed by atoms with Crippen molar-refractivity contribution in [2.75, 3.05) is 25.0 Å². The van der Waals surface area contributed by atoms with Crippen molar-refractivity contribution in [3.05, 3.63) is 24.3 Å². The molecule has 5 rings (SSSR count). The quantitative estimate of drug-likeness (QED) is 0.389. The van der Waals surface area contributed by atoms with Gasteiger partial charge in [0.2, 0.25) is 11.7 Å². The van der Waals surface area contributed by atoms with Crippen LogP contribution < -0.4 is 26.8 Å². The first-order chi connectivity index (χ1) is 16.6. The lowest BCUT2D eigenvalue weighted by atomic mass is 9.90. The molecule has 2 aromatic rings. The smallest absolute Gasteiger partial charge is 0.242 e. The lowest BCUT2D eigenvalue weighted by Gasteiger charge is -2.49. The van der Waals surface area contributed by atoms with Crippen molar-refractivity contribution >= 4 is 11.6 Å². The number of fused-ring (bicyclic) bond motifs is 1. The molecule has 4 unspecified atom stereocenters. The molecule has 4 heterocycles. The zero-order chi connectivity index (χ0) is 23.5. The van der Waals surface area contributed by atoms with Crippen LogP contribution in [0.3, 0.4) is 0 Å². The van der Waals surface area contributed by atoms with Crippen LogP contribution in [0.1, 0.15) is 26.2 Å². The second-order valence-corrected chi connectivity index (χ2v) is 9.08. The summed E-state index contributed by atoms with van der Waals surface area (Å²) in [6, 6.07) is 10.2. The predicted octanol–water partition coefficient (Wildman–Crippen LogP) is -0.181. The number of anilines is 1. The molecule has 12 nitrogen and oxygen atoms in total. The molecule has 0 saturated carbocycles. The number of nitrogens with one attached hydrogen (secondary N) is 5. The van der Waals surface area contributed by atoms with Crippen LogP contribution in [0.2, 0.25) is 0 Å². The van der Waals surface area contributed by atoms with E-state index in [1.54, 1.807) is 4.80 Å². The molecule has 3 fully saturated rings. The second-order valence-electron chi connectivity index (χ2n) is 9.08. The maximum atomic E-state index is 12.7. The average Bonchev–Trinajstić information content (AvgIpc) is 3.34. The number of carbonyl (C=O) groups excluding carboxylic acids is 1. The minimum Gasteiger partial charge on any atom is -0.369 e. The zero-order valence-electron chi connectivity index (χ0n) is 19.2.